The molecule has 1 saturated carbocycles. The predicted molar refractivity (Wildman–Crippen MR) is 102 cm³/mol. The minimum Gasteiger partial charge on any atom is -0.375 e. The van der Waals surface area contributed by atoms with E-state index in [0.717, 1.165) is 50.3 Å². The Hall–Kier alpha value is -1.72. The lowest BCUT2D eigenvalue weighted by molar-refractivity contribution is -0.104. The molecule has 2 aromatic heterocycles. The van der Waals surface area contributed by atoms with Crippen LogP contribution in [0, 0.1) is 6.92 Å². The third-order valence-corrected chi connectivity index (χ3v) is 6.22. The van der Waals surface area contributed by atoms with Crippen molar-refractivity contribution in [1.82, 2.24) is 20.5 Å². The fourth-order valence-corrected chi connectivity index (χ4v) is 4.91. The van der Waals surface area contributed by atoms with Crippen LogP contribution >= 0.6 is 0 Å². The summed E-state index contributed by atoms with van der Waals surface area (Å²) < 4.78 is 6.32. The number of aryl methyl sites for hydroxylation is 1. The van der Waals surface area contributed by atoms with E-state index in [1.165, 1.54) is 31.4 Å². The molecule has 2 fully saturated rings. The highest BCUT2D eigenvalue weighted by Gasteiger charge is 2.48. The van der Waals surface area contributed by atoms with Gasteiger partial charge in [0.1, 0.15) is 0 Å². The molecule has 5 heteroatoms. The molecule has 0 unspecified atom stereocenters. The van der Waals surface area contributed by atoms with Gasteiger partial charge in [-0.15, -0.1) is 0 Å². The highest BCUT2D eigenvalue weighted by molar-refractivity contribution is 5.20. The van der Waals surface area contributed by atoms with E-state index in [-0.39, 0.29) is 11.0 Å². The first-order valence-corrected chi connectivity index (χ1v) is 9.97. The smallest absolute Gasteiger partial charge is 0.0762 e. The molecule has 5 nitrogen and oxygen atoms in total. The van der Waals surface area contributed by atoms with Crippen LogP contribution in [0.4, 0.5) is 0 Å². The molecule has 0 bridgehead atoms. The summed E-state index contributed by atoms with van der Waals surface area (Å²) in [5, 5.41) is 10.9. The molecule has 2 aliphatic rings. The van der Waals surface area contributed by atoms with Crippen LogP contribution in [0.15, 0.2) is 30.5 Å². The highest BCUT2D eigenvalue weighted by atomic mass is 16.5. The monoisotopic (exact) mass is 354 g/mol. The van der Waals surface area contributed by atoms with Crippen molar-refractivity contribution in [2.75, 3.05) is 13.2 Å². The van der Waals surface area contributed by atoms with Gasteiger partial charge in [0, 0.05) is 36.2 Å². The molecule has 1 spiro atoms. The first-order valence-electron chi connectivity index (χ1n) is 9.97. The lowest BCUT2D eigenvalue weighted by Crippen LogP contribution is -2.47. The van der Waals surface area contributed by atoms with Crippen LogP contribution in [0.3, 0.4) is 0 Å². The van der Waals surface area contributed by atoms with Gasteiger partial charge >= 0.3 is 0 Å². The summed E-state index contributed by atoms with van der Waals surface area (Å²) >= 11 is 0. The lowest BCUT2D eigenvalue weighted by Gasteiger charge is -2.46. The second-order valence-electron chi connectivity index (χ2n) is 8.13. The summed E-state index contributed by atoms with van der Waals surface area (Å²) in [5.41, 5.74) is 3.65. The van der Waals surface area contributed by atoms with Gasteiger partial charge in [0.2, 0.25) is 0 Å². The molecule has 1 saturated heterocycles. The molecule has 2 N–H and O–H groups in total. The van der Waals surface area contributed by atoms with Crippen LogP contribution in [0.2, 0.25) is 0 Å². The Balaban J connectivity index is 1.46. The van der Waals surface area contributed by atoms with Gasteiger partial charge in [0.25, 0.3) is 0 Å². The largest absolute Gasteiger partial charge is 0.375 e. The number of nitrogens with zero attached hydrogens (tertiary/aromatic N) is 2. The molecule has 4 rings (SSSR count). The SMILES string of the molecule is Cc1cc(CNCC[C@@]2(c3ccccn3)CCOC3(CCCC3)C2)n[nH]1. The molecule has 140 valence electrons. The number of H-pyrrole nitrogens is 1. The van der Waals surface area contributed by atoms with Crippen LogP contribution in [0.25, 0.3) is 0 Å². The molecule has 1 atom stereocenters. The fourth-order valence-electron chi connectivity index (χ4n) is 4.91. The number of hydrogen-bond donors (Lipinski definition) is 2. The Morgan fingerprint density at radius 2 is 2.12 bits per heavy atom. The van der Waals surface area contributed by atoms with Crippen LogP contribution in [-0.4, -0.2) is 33.9 Å². The zero-order valence-corrected chi connectivity index (χ0v) is 15.8. The predicted octanol–water partition coefficient (Wildman–Crippen LogP) is 3.65. The van der Waals surface area contributed by atoms with Crippen LogP contribution < -0.4 is 5.32 Å². The van der Waals surface area contributed by atoms with Crippen molar-refractivity contribution in [3.63, 3.8) is 0 Å². The zero-order valence-electron chi connectivity index (χ0n) is 15.8. The summed E-state index contributed by atoms with van der Waals surface area (Å²) in [6, 6.07) is 8.45. The third-order valence-electron chi connectivity index (χ3n) is 6.22. The molecular formula is C21H30N4O. The maximum Gasteiger partial charge on any atom is 0.0762 e. The summed E-state index contributed by atoms with van der Waals surface area (Å²) in [7, 11) is 0. The summed E-state index contributed by atoms with van der Waals surface area (Å²) in [4.78, 5) is 4.77. The van der Waals surface area contributed by atoms with Crippen molar-refractivity contribution in [2.24, 2.45) is 0 Å². The van der Waals surface area contributed by atoms with E-state index in [1.807, 2.05) is 19.2 Å². The van der Waals surface area contributed by atoms with Crippen molar-refractivity contribution < 1.29 is 4.74 Å². The molecule has 3 heterocycles. The standard InChI is InChI=1S/C21H30N4O/c1-17-14-18(25-24-17)15-22-12-9-20(19-6-2-5-11-23-19)10-13-26-21(16-20)7-3-4-8-21/h2,5-6,11,14,22H,3-4,7-10,12-13,15-16H2,1H3,(H,24,25)/t20-/m1/s1. The fraction of sp³-hybridized carbons (Fsp3) is 0.619. The van der Waals surface area contributed by atoms with Gasteiger partial charge in [0.15, 0.2) is 0 Å². The molecule has 0 amide bonds. The maximum atomic E-state index is 6.32. The van der Waals surface area contributed by atoms with Gasteiger partial charge in [-0.1, -0.05) is 18.9 Å². The van der Waals surface area contributed by atoms with Gasteiger partial charge in [-0.05, 0) is 63.8 Å². The zero-order chi connectivity index (χ0) is 17.9. The van der Waals surface area contributed by atoms with E-state index in [1.54, 1.807) is 0 Å². The Morgan fingerprint density at radius 1 is 1.23 bits per heavy atom. The van der Waals surface area contributed by atoms with E-state index in [2.05, 4.69) is 33.7 Å². The molecule has 2 aromatic rings. The molecule has 1 aliphatic heterocycles. The molecule has 26 heavy (non-hydrogen) atoms. The topological polar surface area (TPSA) is 62.8 Å². The van der Waals surface area contributed by atoms with Crippen molar-refractivity contribution in [3.05, 3.63) is 47.5 Å². The molecular weight excluding hydrogens is 324 g/mol. The highest BCUT2D eigenvalue weighted by Crippen LogP contribution is 2.49. The van der Waals surface area contributed by atoms with Crippen molar-refractivity contribution in [3.8, 4) is 0 Å². The summed E-state index contributed by atoms with van der Waals surface area (Å²) in [6.45, 7) is 4.67. The minimum atomic E-state index is 0.0923. The first kappa shape index (κ1) is 17.7. The van der Waals surface area contributed by atoms with Gasteiger partial charge < -0.3 is 10.1 Å². The number of rotatable bonds is 6. The van der Waals surface area contributed by atoms with E-state index in [9.17, 15) is 0 Å². The third kappa shape index (κ3) is 3.69. The quantitative estimate of drug-likeness (QED) is 0.777. The summed E-state index contributed by atoms with van der Waals surface area (Å²) in [5.74, 6) is 0. The number of nitrogens with one attached hydrogen (secondary N) is 2. The Labute approximate surface area is 156 Å². The number of aromatic nitrogens is 3. The van der Waals surface area contributed by atoms with E-state index in [4.69, 9.17) is 9.72 Å². The van der Waals surface area contributed by atoms with Crippen LogP contribution in [0.1, 0.15) is 62.0 Å². The first-order chi connectivity index (χ1) is 12.7. The molecule has 1 aliphatic carbocycles. The van der Waals surface area contributed by atoms with Gasteiger partial charge in [-0.25, -0.2) is 0 Å². The second-order valence-corrected chi connectivity index (χ2v) is 8.13. The Bertz CT molecular complexity index is 708. The Morgan fingerprint density at radius 3 is 2.85 bits per heavy atom. The van der Waals surface area contributed by atoms with Gasteiger partial charge in [0.05, 0.1) is 11.3 Å². The number of ether oxygens (including phenoxy) is 1. The molecule has 0 radical (unpaired) electrons. The minimum absolute atomic E-state index is 0.0923. The number of aromatic amines is 1. The second kappa shape index (κ2) is 7.49. The van der Waals surface area contributed by atoms with Gasteiger partial charge in [-0.2, -0.15) is 5.10 Å². The number of hydrogen-bond acceptors (Lipinski definition) is 4. The lowest BCUT2D eigenvalue weighted by atomic mass is 9.68. The average molecular weight is 354 g/mol. The van der Waals surface area contributed by atoms with E-state index < -0.39 is 0 Å². The van der Waals surface area contributed by atoms with Crippen LogP contribution in [0.5, 0.6) is 0 Å². The Kier molecular flexibility index (Phi) is 5.09. The summed E-state index contributed by atoms with van der Waals surface area (Å²) in [6.07, 6.45) is 10.2. The van der Waals surface area contributed by atoms with E-state index in [0.29, 0.717) is 0 Å². The van der Waals surface area contributed by atoms with Crippen molar-refractivity contribution in [1.29, 1.82) is 0 Å². The van der Waals surface area contributed by atoms with Crippen molar-refractivity contribution in [2.45, 2.75) is 69.4 Å². The normalized spacial score (nSPS) is 25.0. The maximum absolute atomic E-state index is 6.32. The average Bonchev–Trinajstić information content (AvgIpc) is 3.29. The number of pyridine rings is 1. The van der Waals surface area contributed by atoms with Crippen molar-refractivity contribution >= 4 is 0 Å². The van der Waals surface area contributed by atoms with Crippen LogP contribution in [-0.2, 0) is 16.7 Å². The van der Waals surface area contributed by atoms with Gasteiger partial charge in [-0.3, -0.25) is 10.1 Å². The molecule has 0 aromatic carbocycles. The van der Waals surface area contributed by atoms with E-state index >= 15 is 0 Å².